The van der Waals surface area contributed by atoms with E-state index in [4.69, 9.17) is 4.74 Å². The van der Waals surface area contributed by atoms with Crippen LogP contribution in [0.3, 0.4) is 0 Å². The molecule has 5 rings (SSSR count). The highest BCUT2D eigenvalue weighted by atomic mass is 16.5. The van der Waals surface area contributed by atoms with E-state index >= 15 is 0 Å². The Bertz CT molecular complexity index is 884. The summed E-state index contributed by atoms with van der Waals surface area (Å²) < 4.78 is 5.72. The van der Waals surface area contributed by atoms with E-state index in [9.17, 15) is 4.79 Å². The van der Waals surface area contributed by atoms with E-state index in [1.807, 2.05) is 0 Å². The minimum Gasteiger partial charge on any atom is -0.381 e. The number of hydrogen-bond donors (Lipinski definition) is 0. The Morgan fingerprint density at radius 2 is 1.78 bits per heavy atom. The number of anilines is 2. The summed E-state index contributed by atoms with van der Waals surface area (Å²) in [6.07, 6.45) is 16.1. The zero-order valence-corrected chi connectivity index (χ0v) is 23.8. The van der Waals surface area contributed by atoms with E-state index in [2.05, 4.69) is 53.8 Å². The quantitative estimate of drug-likeness (QED) is 0.374. The van der Waals surface area contributed by atoms with E-state index in [1.54, 1.807) is 0 Å². The van der Waals surface area contributed by atoms with Gasteiger partial charge in [-0.25, -0.2) is 0 Å². The predicted molar refractivity (Wildman–Crippen MR) is 153 cm³/mol. The molecule has 1 aromatic carbocycles. The van der Waals surface area contributed by atoms with Gasteiger partial charge in [-0.3, -0.25) is 4.79 Å². The molecule has 0 radical (unpaired) electrons. The van der Waals surface area contributed by atoms with Crippen molar-refractivity contribution in [3.63, 3.8) is 0 Å². The second-order valence-electron chi connectivity index (χ2n) is 12.3. The molecule has 2 aliphatic carbocycles. The highest BCUT2D eigenvalue weighted by Gasteiger charge is 2.41. The number of amides is 1. The van der Waals surface area contributed by atoms with Gasteiger partial charge in [0.2, 0.25) is 5.91 Å². The Hall–Kier alpha value is -1.75. The summed E-state index contributed by atoms with van der Waals surface area (Å²) in [5.41, 5.74) is 4.24. The molecule has 0 aromatic heterocycles. The highest BCUT2D eigenvalue weighted by molar-refractivity contribution is 5.82. The van der Waals surface area contributed by atoms with E-state index in [1.165, 1.54) is 87.6 Å². The molecule has 1 saturated heterocycles. The van der Waals surface area contributed by atoms with Crippen LogP contribution < -0.4 is 9.80 Å². The molecule has 1 aromatic rings. The molecule has 4 aliphatic rings. The zero-order valence-electron chi connectivity index (χ0n) is 23.8. The number of hydrogen-bond acceptors (Lipinski definition) is 4. The highest BCUT2D eigenvalue weighted by Crippen LogP contribution is 2.47. The van der Waals surface area contributed by atoms with Crippen LogP contribution in [0.5, 0.6) is 0 Å². The Kier molecular flexibility index (Phi) is 9.00. The first-order valence-corrected chi connectivity index (χ1v) is 15.6. The minimum atomic E-state index is 0.359. The van der Waals surface area contributed by atoms with Gasteiger partial charge in [-0.05, 0) is 74.8 Å². The van der Waals surface area contributed by atoms with E-state index in [-0.39, 0.29) is 0 Å². The van der Waals surface area contributed by atoms with Crippen LogP contribution in [0.15, 0.2) is 18.2 Å². The van der Waals surface area contributed by atoms with Gasteiger partial charge in [0.05, 0.1) is 11.4 Å². The maximum Gasteiger partial charge on any atom is 0.224 e. The molecule has 3 fully saturated rings. The number of nitrogens with zero attached hydrogens (tertiary/aromatic N) is 3. The molecule has 2 aliphatic heterocycles. The van der Waals surface area contributed by atoms with Gasteiger partial charge in [-0.2, -0.15) is 0 Å². The van der Waals surface area contributed by atoms with E-state index in [0.29, 0.717) is 36.4 Å². The zero-order chi connectivity index (χ0) is 25.8. The summed E-state index contributed by atoms with van der Waals surface area (Å²) >= 11 is 0. The first-order chi connectivity index (χ1) is 18.1. The summed E-state index contributed by atoms with van der Waals surface area (Å²) in [5, 5.41) is 0. The lowest BCUT2D eigenvalue weighted by molar-refractivity contribution is -0.133. The van der Waals surface area contributed by atoms with Gasteiger partial charge in [0.1, 0.15) is 6.17 Å². The first-order valence-electron chi connectivity index (χ1n) is 15.6. The number of ether oxygens (including phenoxy) is 1. The summed E-state index contributed by atoms with van der Waals surface area (Å²) in [5.74, 6) is 2.55. The lowest BCUT2D eigenvalue weighted by atomic mass is 9.79. The van der Waals surface area contributed by atoms with Crippen LogP contribution in [0.25, 0.3) is 0 Å². The van der Waals surface area contributed by atoms with Crippen LogP contribution in [0.1, 0.15) is 96.5 Å². The van der Waals surface area contributed by atoms with Crippen molar-refractivity contribution in [3.05, 3.63) is 23.8 Å². The van der Waals surface area contributed by atoms with Crippen molar-refractivity contribution >= 4 is 17.3 Å². The lowest BCUT2D eigenvalue weighted by Crippen LogP contribution is -2.49. The molecule has 2 atom stereocenters. The van der Waals surface area contributed by atoms with Crippen LogP contribution in [0.4, 0.5) is 11.4 Å². The average molecular weight is 510 g/mol. The van der Waals surface area contributed by atoms with Gasteiger partial charge in [0.15, 0.2) is 0 Å². The number of rotatable bonds is 9. The number of fused-ring (bicyclic) bond motifs is 1. The molecule has 0 spiro atoms. The summed E-state index contributed by atoms with van der Waals surface area (Å²) in [6, 6.07) is 7.38. The molecule has 2 heterocycles. The Morgan fingerprint density at radius 3 is 2.46 bits per heavy atom. The van der Waals surface area contributed by atoms with Gasteiger partial charge in [0.25, 0.3) is 0 Å². The normalized spacial score (nSPS) is 28.5. The summed E-state index contributed by atoms with van der Waals surface area (Å²) in [7, 11) is 2.33. The molecule has 37 heavy (non-hydrogen) atoms. The molecule has 0 bridgehead atoms. The predicted octanol–water partition coefficient (Wildman–Crippen LogP) is 6.64. The van der Waals surface area contributed by atoms with E-state index in [0.717, 1.165) is 38.6 Å². The van der Waals surface area contributed by atoms with Crippen LogP contribution in [0.2, 0.25) is 0 Å². The van der Waals surface area contributed by atoms with Gasteiger partial charge >= 0.3 is 0 Å². The SMILES string of the molecule is CCN(C(=O)CCN1c2cccc(C[C@H]3CCOC3)c2N(C)C1[C@H]1CC[C@H](CC)CC1)C1CCCCC1. The van der Waals surface area contributed by atoms with Crippen molar-refractivity contribution in [3.8, 4) is 0 Å². The smallest absolute Gasteiger partial charge is 0.224 e. The van der Waals surface area contributed by atoms with Crippen molar-refractivity contribution in [2.45, 2.75) is 110 Å². The number of carbonyl (C=O) groups is 1. The number of para-hydroxylation sites is 1. The van der Waals surface area contributed by atoms with Gasteiger partial charge in [-0.15, -0.1) is 0 Å². The molecule has 1 unspecified atom stereocenters. The lowest BCUT2D eigenvalue weighted by Gasteiger charge is -2.41. The molecule has 206 valence electrons. The second kappa shape index (κ2) is 12.4. The molecule has 5 nitrogen and oxygen atoms in total. The molecule has 5 heteroatoms. The molecule has 1 amide bonds. The third-order valence-electron chi connectivity index (χ3n) is 10.1. The minimum absolute atomic E-state index is 0.359. The summed E-state index contributed by atoms with van der Waals surface area (Å²) in [6.45, 7) is 7.99. The fourth-order valence-electron chi connectivity index (χ4n) is 8.03. The standard InChI is InChI=1S/C32H51N3O2/c1-4-24-14-16-26(17-15-24)32-33(3)31-27(22-25-19-21-37-23-25)10-9-13-29(31)35(32)20-18-30(36)34(5-2)28-11-7-6-8-12-28/h9-10,13,24-26,28,32H,4-8,11-12,14-23H2,1-3H3/t24-,25-,26-,32?/m1/s1. The second-order valence-corrected chi connectivity index (χ2v) is 12.3. The van der Waals surface area contributed by atoms with Gasteiger partial charge < -0.3 is 19.4 Å². The third-order valence-corrected chi connectivity index (χ3v) is 10.1. The van der Waals surface area contributed by atoms with Gasteiger partial charge in [0, 0.05) is 45.8 Å². The molecule has 0 N–H and O–H groups in total. The Balaban J connectivity index is 1.36. The van der Waals surface area contributed by atoms with Crippen LogP contribution in [0, 0.1) is 17.8 Å². The Labute approximate surface area is 225 Å². The van der Waals surface area contributed by atoms with Crippen molar-refractivity contribution < 1.29 is 9.53 Å². The van der Waals surface area contributed by atoms with Crippen LogP contribution >= 0.6 is 0 Å². The van der Waals surface area contributed by atoms with Crippen LogP contribution in [-0.2, 0) is 16.0 Å². The third kappa shape index (κ3) is 5.82. The first kappa shape index (κ1) is 26.8. The van der Waals surface area contributed by atoms with Crippen LogP contribution in [-0.4, -0.2) is 56.4 Å². The molecular weight excluding hydrogens is 458 g/mol. The fourth-order valence-corrected chi connectivity index (χ4v) is 8.03. The monoisotopic (exact) mass is 509 g/mol. The maximum absolute atomic E-state index is 13.6. The van der Waals surface area contributed by atoms with Crippen molar-refractivity contribution in [1.82, 2.24) is 4.90 Å². The molecule has 2 saturated carbocycles. The average Bonchev–Trinajstić information content (AvgIpc) is 3.55. The number of carbonyl (C=O) groups excluding carboxylic acids is 1. The maximum atomic E-state index is 13.6. The van der Waals surface area contributed by atoms with Crippen molar-refractivity contribution in [2.24, 2.45) is 17.8 Å². The topological polar surface area (TPSA) is 36.0 Å². The largest absolute Gasteiger partial charge is 0.381 e. The van der Waals surface area contributed by atoms with E-state index < -0.39 is 0 Å². The fraction of sp³-hybridized carbons (Fsp3) is 0.781. The van der Waals surface area contributed by atoms with Crippen molar-refractivity contribution in [1.29, 1.82) is 0 Å². The van der Waals surface area contributed by atoms with Crippen molar-refractivity contribution in [2.75, 3.05) is 43.2 Å². The summed E-state index contributed by atoms with van der Waals surface area (Å²) in [4.78, 5) is 21.0. The van der Waals surface area contributed by atoms with Gasteiger partial charge in [-0.1, -0.05) is 57.6 Å². The molecular formula is C32H51N3O2. The Morgan fingerprint density at radius 1 is 1.00 bits per heavy atom. The number of benzene rings is 1.